The van der Waals surface area contributed by atoms with Crippen molar-refractivity contribution in [1.29, 1.82) is 0 Å². The first-order valence-electron chi connectivity index (χ1n) is 9.15. The highest BCUT2D eigenvalue weighted by Gasteiger charge is 2.22. The molecule has 4 rings (SSSR count). The summed E-state index contributed by atoms with van der Waals surface area (Å²) in [7, 11) is 0. The molecule has 0 fully saturated rings. The fourth-order valence-electron chi connectivity index (χ4n) is 3.07. The maximum Gasteiger partial charge on any atom is 0.345 e. The van der Waals surface area contributed by atoms with Gasteiger partial charge in [-0.2, -0.15) is 0 Å². The number of benzene rings is 3. The molecule has 1 heterocycles. The Morgan fingerprint density at radius 3 is 2.30 bits per heavy atom. The standard InChI is InChI=1S/C24H16Cl2O4/c1-13-3-6-15(7-4-13)22-23(21(27)18-9-5-14(2)11-20(18)29-22)30-24(28)17-10-8-16(25)12-19(17)26/h3-12H,1-2H3. The first-order chi connectivity index (χ1) is 14.3. The van der Waals surface area contributed by atoms with E-state index >= 15 is 0 Å². The third-order valence-electron chi connectivity index (χ3n) is 4.67. The van der Waals surface area contributed by atoms with Crippen LogP contribution in [-0.2, 0) is 0 Å². The maximum atomic E-state index is 13.2. The number of hydrogen-bond donors (Lipinski definition) is 0. The average Bonchev–Trinajstić information content (AvgIpc) is 2.70. The molecule has 0 amide bonds. The Balaban J connectivity index is 1.90. The van der Waals surface area contributed by atoms with Crippen molar-refractivity contribution in [2.45, 2.75) is 13.8 Å². The molecule has 3 aromatic carbocycles. The molecule has 4 aromatic rings. The molecule has 0 atom stereocenters. The SMILES string of the molecule is Cc1ccc(-c2oc3cc(C)ccc3c(=O)c2OC(=O)c2ccc(Cl)cc2Cl)cc1. The molecular weight excluding hydrogens is 423 g/mol. The predicted octanol–water partition coefficient (Wildman–Crippen LogP) is 6.60. The molecule has 0 aliphatic heterocycles. The van der Waals surface area contributed by atoms with Gasteiger partial charge in [0.25, 0.3) is 0 Å². The molecule has 0 bridgehead atoms. The van der Waals surface area contributed by atoms with Crippen molar-refractivity contribution in [3.63, 3.8) is 0 Å². The minimum atomic E-state index is -0.774. The van der Waals surface area contributed by atoms with Gasteiger partial charge >= 0.3 is 5.97 Å². The lowest BCUT2D eigenvalue weighted by molar-refractivity contribution is 0.0731. The molecule has 4 nitrogen and oxygen atoms in total. The lowest BCUT2D eigenvalue weighted by atomic mass is 10.1. The number of aryl methyl sites for hydroxylation is 2. The number of halogens is 2. The highest BCUT2D eigenvalue weighted by Crippen LogP contribution is 2.32. The highest BCUT2D eigenvalue weighted by molar-refractivity contribution is 6.36. The molecule has 0 unspecified atom stereocenters. The van der Waals surface area contributed by atoms with Gasteiger partial charge in [-0.1, -0.05) is 59.1 Å². The molecule has 0 radical (unpaired) electrons. The molecular formula is C24H16Cl2O4. The quantitative estimate of drug-likeness (QED) is 0.338. The van der Waals surface area contributed by atoms with Crippen LogP contribution in [0.5, 0.6) is 5.75 Å². The number of ether oxygens (including phenoxy) is 1. The third-order valence-corrected chi connectivity index (χ3v) is 5.21. The van der Waals surface area contributed by atoms with Crippen molar-refractivity contribution in [2.75, 3.05) is 0 Å². The zero-order chi connectivity index (χ0) is 21.4. The van der Waals surface area contributed by atoms with Crippen LogP contribution in [0.2, 0.25) is 10.0 Å². The van der Waals surface area contributed by atoms with E-state index in [1.807, 2.05) is 38.1 Å². The molecule has 0 saturated heterocycles. The number of fused-ring (bicyclic) bond motifs is 1. The Morgan fingerprint density at radius 2 is 1.60 bits per heavy atom. The Morgan fingerprint density at radius 1 is 0.900 bits per heavy atom. The monoisotopic (exact) mass is 438 g/mol. The van der Waals surface area contributed by atoms with E-state index in [0.29, 0.717) is 21.6 Å². The van der Waals surface area contributed by atoms with Gasteiger partial charge in [0.2, 0.25) is 11.2 Å². The second-order valence-corrected chi connectivity index (χ2v) is 7.81. The van der Waals surface area contributed by atoms with Gasteiger partial charge in [0.1, 0.15) is 5.58 Å². The van der Waals surface area contributed by atoms with Crippen LogP contribution in [-0.4, -0.2) is 5.97 Å². The summed E-state index contributed by atoms with van der Waals surface area (Å²) in [6, 6.07) is 17.0. The van der Waals surface area contributed by atoms with Crippen molar-refractivity contribution in [3.8, 4) is 17.1 Å². The molecule has 150 valence electrons. The van der Waals surface area contributed by atoms with E-state index in [-0.39, 0.29) is 22.1 Å². The summed E-state index contributed by atoms with van der Waals surface area (Å²) in [5, 5.41) is 0.837. The van der Waals surface area contributed by atoms with Crippen molar-refractivity contribution in [2.24, 2.45) is 0 Å². The summed E-state index contributed by atoms with van der Waals surface area (Å²) < 4.78 is 11.6. The van der Waals surface area contributed by atoms with Crippen molar-refractivity contribution in [3.05, 3.63) is 97.6 Å². The van der Waals surface area contributed by atoms with Gasteiger partial charge in [-0.05, 0) is 49.7 Å². The fourth-order valence-corrected chi connectivity index (χ4v) is 3.56. The van der Waals surface area contributed by atoms with E-state index < -0.39 is 11.4 Å². The van der Waals surface area contributed by atoms with Gasteiger partial charge < -0.3 is 9.15 Å². The van der Waals surface area contributed by atoms with Gasteiger partial charge in [-0.25, -0.2) is 4.79 Å². The second-order valence-electron chi connectivity index (χ2n) is 6.97. The molecule has 0 aliphatic rings. The lowest BCUT2D eigenvalue weighted by Crippen LogP contribution is -2.16. The van der Waals surface area contributed by atoms with Gasteiger partial charge in [0.05, 0.1) is 16.0 Å². The van der Waals surface area contributed by atoms with Gasteiger partial charge in [-0.3, -0.25) is 4.79 Å². The van der Waals surface area contributed by atoms with Gasteiger partial charge in [0, 0.05) is 10.6 Å². The van der Waals surface area contributed by atoms with Crippen LogP contribution in [0.15, 0.2) is 69.9 Å². The number of hydrogen-bond acceptors (Lipinski definition) is 4. The van der Waals surface area contributed by atoms with Gasteiger partial charge in [-0.15, -0.1) is 0 Å². The number of rotatable bonds is 3. The van der Waals surface area contributed by atoms with Crippen LogP contribution in [0.4, 0.5) is 0 Å². The largest absolute Gasteiger partial charge is 0.452 e. The predicted molar refractivity (Wildman–Crippen MR) is 119 cm³/mol. The fraction of sp³-hybridized carbons (Fsp3) is 0.0833. The molecule has 0 aliphatic carbocycles. The first-order valence-corrected chi connectivity index (χ1v) is 9.91. The Kier molecular flexibility index (Phi) is 5.37. The highest BCUT2D eigenvalue weighted by atomic mass is 35.5. The van der Waals surface area contributed by atoms with Crippen LogP contribution in [0.25, 0.3) is 22.3 Å². The zero-order valence-electron chi connectivity index (χ0n) is 16.2. The molecule has 0 N–H and O–H groups in total. The number of carbonyl (C=O) groups is 1. The van der Waals surface area contributed by atoms with Crippen LogP contribution in [0.3, 0.4) is 0 Å². The first kappa shape index (κ1) is 20.2. The summed E-state index contributed by atoms with van der Waals surface area (Å²) in [6.45, 7) is 3.86. The molecule has 30 heavy (non-hydrogen) atoms. The summed E-state index contributed by atoms with van der Waals surface area (Å²) in [4.78, 5) is 26.0. The van der Waals surface area contributed by atoms with E-state index in [2.05, 4.69) is 0 Å². The van der Waals surface area contributed by atoms with E-state index in [0.717, 1.165) is 11.1 Å². The summed E-state index contributed by atoms with van der Waals surface area (Å²) in [6.07, 6.45) is 0. The molecule has 6 heteroatoms. The third kappa shape index (κ3) is 3.84. The normalized spacial score (nSPS) is 10.9. The van der Waals surface area contributed by atoms with Crippen molar-refractivity contribution < 1.29 is 13.9 Å². The average molecular weight is 439 g/mol. The lowest BCUT2D eigenvalue weighted by Gasteiger charge is -2.12. The van der Waals surface area contributed by atoms with Crippen molar-refractivity contribution in [1.82, 2.24) is 0 Å². The van der Waals surface area contributed by atoms with Gasteiger partial charge in [0.15, 0.2) is 5.76 Å². The minimum absolute atomic E-state index is 0.0966. The van der Waals surface area contributed by atoms with Crippen LogP contribution in [0, 0.1) is 13.8 Å². The van der Waals surface area contributed by atoms with E-state index in [1.165, 1.54) is 18.2 Å². The summed E-state index contributed by atoms with van der Waals surface area (Å²) in [5.41, 5.74) is 2.68. The van der Waals surface area contributed by atoms with E-state index in [4.69, 9.17) is 32.4 Å². The summed E-state index contributed by atoms with van der Waals surface area (Å²) in [5.74, 6) is -0.786. The smallest absolute Gasteiger partial charge is 0.345 e. The second kappa shape index (κ2) is 7.98. The van der Waals surface area contributed by atoms with Crippen molar-refractivity contribution >= 4 is 40.1 Å². The van der Waals surface area contributed by atoms with Crippen LogP contribution >= 0.6 is 23.2 Å². The van der Waals surface area contributed by atoms with E-state index in [9.17, 15) is 9.59 Å². The molecule has 0 spiro atoms. The van der Waals surface area contributed by atoms with E-state index in [1.54, 1.807) is 18.2 Å². The minimum Gasteiger partial charge on any atom is -0.452 e. The Bertz CT molecular complexity index is 1340. The molecule has 1 aromatic heterocycles. The number of carbonyl (C=O) groups excluding carboxylic acids is 1. The Labute approximate surface area is 182 Å². The van der Waals surface area contributed by atoms with Crippen LogP contribution in [0.1, 0.15) is 21.5 Å². The summed E-state index contributed by atoms with van der Waals surface area (Å²) >= 11 is 12.0. The topological polar surface area (TPSA) is 56.5 Å². The zero-order valence-corrected chi connectivity index (χ0v) is 17.7. The Hall–Kier alpha value is -3.08. The maximum absolute atomic E-state index is 13.2. The van der Waals surface area contributed by atoms with Crippen LogP contribution < -0.4 is 10.2 Å². The number of esters is 1. The molecule has 0 saturated carbocycles.